The van der Waals surface area contributed by atoms with Gasteiger partial charge in [-0.1, -0.05) is 33.1 Å². The number of aliphatic hydroxyl groups excluding tert-OH is 1. The summed E-state index contributed by atoms with van der Waals surface area (Å²) >= 11 is 0. The van der Waals surface area contributed by atoms with Crippen molar-refractivity contribution in [3.63, 3.8) is 0 Å². The fraction of sp³-hybridized carbons (Fsp3) is 0.684. The van der Waals surface area contributed by atoms with Gasteiger partial charge in [-0.3, -0.25) is 9.59 Å². The van der Waals surface area contributed by atoms with Crippen molar-refractivity contribution in [2.24, 2.45) is 17.8 Å². The van der Waals surface area contributed by atoms with E-state index in [2.05, 4.69) is 18.8 Å². The van der Waals surface area contributed by atoms with Crippen LogP contribution in [0, 0.1) is 17.8 Å². The van der Waals surface area contributed by atoms with Gasteiger partial charge in [0.25, 0.3) is 5.91 Å². The third-order valence-electron chi connectivity index (χ3n) is 5.86. The Kier molecular flexibility index (Phi) is 5.09. The lowest BCUT2D eigenvalue weighted by atomic mass is 9.70. The molecule has 24 heavy (non-hydrogen) atoms. The van der Waals surface area contributed by atoms with Crippen molar-refractivity contribution < 1.29 is 14.7 Å². The molecule has 3 rings (SSSR count). The Balaban J connectivity index is 1.71. The maximum absolute atomic E-state index is 13.0. The topological polar surface area (TPSA) is 73.4 Å². The SMILES string of the molecule is CCC(C)C1CCCCC1C(=O)c1ccc(C(=O)N2CC(O)C2)[nH]1. The summed E-state index contributed by atoms with van der Waals surface area (Å²) in [4.78, 5) is 29.9. The lowest BCUT2D eigenvalue weighted by molar-refractivity contribution is 0.00554. The van der Waals surface area contributed by atoms with Crippen LogP contribution in [0.25, 0.3) is 0 Å². The van der Waals surface area contributed by atoms with Crippen LogP contribution < -0.4 is 0 Å². The molecule has 1 aromatic heterocycles. The standard InChI is InChI=1S/C19H28N2O3/c1-3-12(2)14-6-4-5-7-15(14)18(23)16-8-9-17(20-16)19(24)21-10-13(22)11-21/h8-9,12-15,20,22H,3-7,10-11H2,1-2H3. The van der Waals surface area contributed by atoms with E-state index in [9.17, 15) is 14.7 Å². The number of aromatic nitrogens is 1. The van der Waals surface area contributed by atoms with E-state index in [1.54, 1.807) is 17.0 Å². The van der Waals surface area contributed by atoms with Gasteiger partial charge in [-0.15, -0.1) is 0 Å². The van der Waals surface area contributed by atoms with Crippen LogP contribution in [0.15, 0.2) is 12.1 Å². The highest BCUT2D eigenvalue weighted by atomic mass is 16.3. The molecule has 0 bridgehead atoms. The molecule has 1 saturated carbocycles. The predicted molar refractivity (Wildman–Crippen MR) is 91.9 cm³/mol. The summed E-state index contributed by atoms with van der Waals surface area (Å²) in [5, 5.41) is 9.32. The molecule has 3 unspecified atom stereocenters. The maximum Gasteiger partial charge on any atom is 0.270 e. The number of nitrogens with zero attached hydrogens (tertiary/aromatic N) is 1. The van der Waals surface area contributed by atoms with Crippen molar-refractivity contribution in [1.82, 2.24) is 9.88 Å². The summed E-state index contributed by atoms with van der Waals surface area (Å²) < 4.78 is 0. The first kappa shape index (κ1) is 17.2. The molecule has 0 spiro atoms. The van der Waals surface area contributed by atoms with Gasteiger partial charge < -0.3 is 15.0 Å². The van der Waals surface area contributed by atoms with Crippen LogP contribution in [0.3, 0.4) is 0 Å². The molecule has 1 aliphatic heterocycles. The molecule has 2 aliphatic rings. The Morgan fingerprint density at radius 1 is 1.25 bits per heavy atom. The molecule has 1 aliphatic carbocycles. The quantitative estimate of drug-likeness (QED) is 0.814. The van der Waals surface area contributed by atoms with E-state index in [1.165, 1.54) is 6.42 Å². The molecule has 1 aromatic rings. The van der Waals surface area contributed by atoms with Crippen LogP contribution in [0.5, 0.6) is 0 Å². The first-order valence-electron chi connectivity index (χ1n) is 9.21. The predicted octanol–water partition coefficient (Wildman–Crippen LogP) is 2.87. The molecule has 132 valence electrons. The van der Waals surface area contributed by atoms with Gasteiger partial charge in [0.2, 0.25) is 0 Å². The van der Waals surface area contributed by atoms with Gasteiger partial charge >= 0.3 is 0 Å². The second-order valence-corrected chi connectivity index (χ2v) is 7.45. The number of β-amino-alcohol motifs (C(OH)–C–C–N with tert-alkyl or cyclic N) is 1. The number of likely N-dealkylation sites (tertiary alicyclic amines) is 1. The van der Waals surface area contributed by atoms with Crippen molar-refractivity contribution in [2.75, 3.05) is 13.1 Å². The maximum atomic E-state index is 13.0. The Morgan fingerprint density at radius 2 is 1.92 bits per heavy atom. The number of carbonyl (C=O) groups is 2. The summed E-state index contributed by atoms with van der Waals surface area (Å²) in [6.45, 7) is 5.18. The van der Waals surface area contributed by atoms with Crippen LogP contribution in [-0.4, -0.2) is 45.9 Å². The summed E-state index contributed by atoms with van der Waals surface area (Å²) in [5.41, 5.74) is 1.00. The minimum absolute atomic E-state index is 0.0705. The molecule has 0 aromatic carbocycles. The zero-order valence-corrected chi connectivity index (χ0v) is 14.6. The van der Waals surface area contributed by atoms with Gasteiger partial charge in [-0.25, -0.2) is 0 Å². The minimum atomic E-state index is -0.413. The summed E-state index contributed by atoms with van der Waals surface area (Å²) in [6.07, 6.45) is 5.09. The highest BCUT2D eigenvalue weighted by Gasteiger charge is 2.35. The van der Waals surface area contributed by atoms with E-state index in [-0.39, 0.29) is 17.6 Å². The number of Topliss-reactive ketones (excluding diaryl/α,β-unsaturated/α-hetero) is 1. The van der Waals surface area contributed by atoms with E-state index in [1.807, 2.05) is 0 Å². The first-order chi connectivity index (χ1) is 11.5. The van der Waals surface area contributed by atoms with Crippen LogP contribution >= 0.6 is 0 Å². The zero-order chi connectivity index (χ0) is 17.3. The third-order valence-corrected chi connectivity index (χ3v) is 5.86. The van der Waals surface area contributed by atoms with E-state index in [4.69, 9.17) is 0 Å². The number of carbonyl (C=O) groups excluding carboxylic acids is 2. The normalized spacial score (nSPS) is 26.0. The fourth-order valence-electron chi connectivity index (χ4n) is 4.12. The number of hydrogen-bond donors (Lipinski definition) is 2. The van der Waals surface area contributed by atoms with Crippen molar-refractivity contribution in [3.8, 4) is 0 Å². The molecule has 1 amide bonds. The minimum Gasteiger partial charge on any atom is -0.389 e. The van der Waals surface area contributed by atoms with Gasteiger partial charge in [-0.05, 0) is 36.8 Å². The van der Waals surface area contributed by atoms with Gasteiger partial charge in [0.15, 0.2) is 5.78 Å². The first-order valence-corrected chi connectivity index (χ1v) is 9.21. The van der Waals surface area contributed by atoms with Crippen molar-refractivity contribution in [1.29, 1.82) is 0 Å². The van der Waals surface area contributed by atoms with Crippen molar-refractivity contribution in [2.45, 2.75) is 52.1 Å². The van der Waals surface area contributed by atoms with E-state index in [0.717, 1.165) is 25.7 Å². The van der Waals surface area contributed by atoms with Crippen LogP contribution in [0.1, 0.15) is 66.9 Å². The van der Waals surface area contributed by atoms with Crippen LogP contribution in [0.2, 0.25) is 0 Å². The molecule has 2 N–H and O–H groups in total. The summed E-state index contributed by atoms with van der Waals surface area (Å²) in [5.74, 6) is 1.09. The van der Waals surface area contributed by atoms with E-state index < -0.39 is 6.10 Å². The van der Waals surface area contributed by atoms with Gasteiger partial charge in [-0.2, -0.15) is 0 Å². The Labute approximate surface area is 143 Å². The zero-order valence-electron chi connectivity index (χ0n) is 14.6. The monoisotopic (exact) mass is 332 g/mol. The molecule has 0 radical (unpaired) electrons. The summed E-state index contributed by atoms with van der Waals surface area (Å²) in [7, 11) is 0. The lowest BCUT2D eigenvalue weighted by Crippen LogP contribution is -2.53. The van der Waals surface area contributed by atoms with Crippen molar-refractivity contribution >= 4 is 11.7 Å². The summed E-state index contributed by atoms with van der Waals surface area (Å²) in [6, 6.07) is 3.44. The molecular weight excluding hydrogens is 304 g/mol. The average Bonchev–Trinajstić information content (AvgIpc) is 3.07. The molecule has 1 saturated heterocycles. The van der Waals surface area contributed by atoms with Gasteiger partial charge in [0, 0.05) is 19.0 Å². The Morgan fingerprint density at radius 3 is 2.58 bits per heavy atom. The Bertz CT molecular complexity index is 604. The van der Waals surface area contributed by atoms with Crippen LogP contribution in [-0.2, 0) is 0 Å². The number of rotatable bonds is 5. The molecule has 2 heterocycles. The number of nitrogens with one attached hydrogen (secondary N) is 1. The number of ketones is 1. The molecule has 5 heteroatoms. The smallest absolute Gasteiger partial charge is 0.270 e. The number of aliphatic hydroxyl groups is 1. The van der Waals surface area contributed by atoms with Crippen molar-refractivity contribution in [3.05, 3.63) is 23.5 Å². The second-order valence-electron chi connectivity index (χ2n) is 7.45. The van der Waals surface area contributed by atoms with E-state index in [0.29, 0.717) is 36.3 Å². The lowest BCUT2D eigenvalue weighted by Gasteiger charge is -2.35. The fourth-order valence-corrected chi connectivity index (χ4v) is 4.12. The molecular formula is C19H28N2O3. The van der Waals surface area contributed by atoms with Gasteiger partial charge in [0.05, 0.1) is 11.8 Å². The molecule has 3 atom stereocenters. The highest BCUT2D eigenvalue weighted by molar-refractivity contribution is 5.99. The van der Waals surface area contributed by atoms with Crippen LogP contribution in [0.4, 0.5) is 0 Å². The highest BCUT2D eigenvalue weighted by Crippen LogP contribution is 2.38. The van der Waals surface area contributed by atoms with Gasteiger partial charge in [0.1, 0.15) is 5.69 Å². The third kappa shape index (κ3) is 3.27. The molecule has 5 nitrogen and oxygen atoms in total. The average molecular weight is 332 g/mol. The number of H-pyrrole nitrogens is 1. The number of hydrogen-bond acceptors (Lipinski definition) is 3. The molecule has 2 fully saturated rings. The number of aromatic amines is 1. The second kappa shape index (κ2) is 7.09. The Hall–Kier alpha value is -1.62. The largest absolute Gasteiger partial charge is 0.389 e. The number of amides is 1. The van der Waals surface area contributed by atoms with E-state index >= 15 is 0 Å².